The van der Waals surface area contributed by atoms with Crippen LogP contribution in [-0.2, 0) is 6.42 Å². The van der Waals surface area contributed by atoms with Gasteiger partial charge in [0.05, 0.1) is 20.8 Å². The molecule has 0 aliphatic carbocycles. The van der Waals surface area contributed by atoms with Gasteiger partial charge in [0, 0.05) is 13.0 Å². The molecular weight excluding hydrogens is 236 g/mol. The number of benzene rings is 1. The van der Waals surface area contributed by atoms with Gasteiger partial charge in [0.15, 0.2) is 0 Å². The molecule has 0 fully saturated rings. The molecule has 0 radical (unpaired) electrons. The molecule has 4 nitrogen and oxygen atoms in total. The van der Waals surface area contributed by atoms with Crippen LogP contribution in [0.2, 0.25) is 0 Å². The summed E-state index contributed by atoms with van der Waals surface area (Å²) in [6, 6.07) is 5.06. The number of rotatable bonds is 4. The summed E-state index contributed by atoms with van der Waals surface area (Å²) in [5, 5.41) is 9.96. The number of nitrogens with zero attached hydrogens (tertiary/aromatic N) is 2. The van der Waals surface area contributed by atoms with Crippen LogP contribution in [0.3, 0.4) is 0 Å². The van der Waals surface area contributed by atoms with Crippen LogP contribution in [0.25, 0.3) is 10.2 Å². The van der Waals surface area contributed by atoms with E-state index in [1.54, 1.807) is 29.5 Å². The molecule has 0 saturated heterocycles. The molecule has 0 aliphatic rings. The minimum absolute atomic E-state index is 0.320. The highest BCUT2D eigenvalue weighted by atomic mass is 32.1. The second kappa shape index (κ2) is 4.81. The highest BCUT2D eigenvalue weighted by molar-refractivity contribution is 7.18. The van der Waals surface area contributed by atoms with Crippen molar-refractivity contribution in [1.29, 1.82) is 0 Å². The zero-order valence-electron chi connectivity index (χ0n) is 9.80. The maximum absolute atomic E-state index is 10.8. The number of carboxylic acids is 1. The standard InChI is InChI=1S/C12H14N2O2S/c1-14(2)6-5-11-13-9-4-3-8(12(15)16)7-10(9)17-11/h3-4,7H,5-6H2,1-2H3,(H,15,16). The lowest BCUT2D eigenvalue weighted by Gasteiger charge is -2.06. The maximum Gasteiger partial charge on any atom is 0.335 e. The van der Waals surface area contributed by atoms with Crippen molar-refractivity contribution in [1.82, 2.24) is 9.88 Å². The summed E-state index contributed by atoms with van der Waals surface area (Å²) in [4.78, 5) is 17.4. The topological polar surface area (TPSA) is 53.4 Å². The quantitative estimate of drug-likeness (QED) is 0.903. The first kappa shape index (κ1) is 12.0. The van der Waals surface area contributed by atoms with Crippen molar-refractivity contribution in [3.05, 3.63) is 28.8 Å². The first-order valence-electron chi connectivity index (χ1n) is 5.34. The fourth-order valence-corrected chi connectivity index (χ4v) is 2.53. The Bertz CT molecular complexity index is 548. The molecule has 2 aromatic rings. The van der Waals surface area contributed by atoms with Crippen molar-refractivity contribution >= 4 is 27.5 Å². The molecule has 0 spiro atoms. The predicted octanol–water partition coefficient (Wildman–Crippen LogP) is 2.10. The van der Waals surface area contributed by atoms with Gasteiger partial charge in [-0.1, -0.05) is 0 Å². The van der Waals surface area contributed by atoms with Crippen LogP contribution in [0.1, 0.15) is 15.4 Å². The highest BCUT2D eigenvalue weighted by Crippen LogP contribution is 2.23. The second-order valence-electron chi connectivity index (χ2n) is 4.15. The third kappa shape index (κ3) is 2.81. The van der Waals surface area contributed by atoms with E-state index in [9.17, 15) is 4.79 Å². The van der Waals surface area contributed by atoms with E-state index in [2.05, 4.69) is 9.88 Å². The Kier molecular flexibility index (Phi) is 3.40. The molecular formula is C12H14N2O2S. The summed E-state index contributed by atoms with van der Waals surface area (Å²) in [6.45, 7) is 0.950. The van der Waals surface area contributed by atoms with Crippen LogP contribution in [-0.4, -0.2) is 41.6 Å². The van der Waals surface area contributed by atoms with E-state index in [-0.39, 0.29) is 0 Å². The molecule has 0 bridgehead atoms. The Balaban J connectivity index is 2.27. The highest BCUT2D eigenvalue weighted by Gasteiger charge is 2.08. The van der Waals surface area contributed by atoms with Crippen molar-refractivity contribution < 1.29 is 9.90 Å². The third-order valence-corrected chi connectivity index (χ3v) is 3.53. The van der Waals surface area contributed by atoms with Crippen LogP contribution < -0.4 is 0 Å². The minimum Gasteiger partial charge on any atom is -0.478 e. The Morgan fingerprint density at radius 3 is 2.88 bits per heavy atom. The number of carbonyl (C=O) groups is 1. The number of hydrogen-bond acceptors (Lipinski definition) is 4. The van der Waals surface area contributed by atoms with Crippen molar-refractivity contribution in [2.45, 2.75) is 6.42 Å². The Hall–Kier alpha value is -1.46. The predicted molar refractivity (Wildman–Crippen MR) is 68.8 cm³/mol. The van der Waals surface area contributed by atoms with Crippen molar-refractivity contribution in [2.75, 3.05) is 20.6 Å². The zero-order chi connectivity index (χ0) is 12.4. The van der Waals surface area contributed by atoms with Gasteiger partial charge in [0.1, 0.15) is 0 Å². The molecule has 0 saturated carbocycles. The molecule has 0 atom stereocenters. The van der Waals surface area contributed by atoms with Crippen LogP contribution in [0.4, 0.5) is 0 Å². The Labute approximate surface area is 104 Å². The zero-order valence-corrected chi connectivity index (χ0v) is 10.6. The maximum atomic E-state index is 10.8. The Morgan fingerprint density at radius 2 is 2.24 bits per heavy atom. The summed E-state index contributed by atoms with van der Waals surface area (Å²) in [7, 11) is 4.05. The number of aromatic carboxylic acids is 1. The van der Waals surface area contributed by atoms with Gasteiger partial charge in [-0.3, -0.25) is 0 Å². The van der Waals surface area contributed by atoms with Crippen molar-refractivity contribution in [3.8, 4) is 0 Å². The molecule has 0 unspecified atom stereocenters. The molecule has 1 N–H and O–H groups in total. The first-order valence-corrected chi connectivity index (χ1v) is 6.15. The second-order valence-corrected chi connectivity index (χ2v) is 5.26. The van der Waals surface area contributed by atoms with Gasteiger partial charge in [0.25, 0.3) is 0 Å². The first-order chi connectivity index (χ1) is 8.06. The number of likely N-dealkylation sites (N-methyl/N-ethyl adjacent to an activating group) is 1. The number of carboxylic acid groups (broad SMARTS) is 1. The number of aromatic nitrogens is 1. The van der Waals surface area contributed by atoms with Crippen molar-refractivity contribution in [2.24, 2.45) is 0 Å². The van der Waals surface area contributed by atoms with Crippen LogP contribution in [0, 0.1) is 0 Å². The number of thiazole rings is 1. The van der Waals surface area contributed by atoms with E-state index in [0.717, 1.165) is 28.2 Å². The average molecular weight is 250 g/mol. The molecule has 0 aliphatic heterocycles. The summed E-state index contributed by atoms with van der Waals surface area (Å²) in [5.41, 5.74) is 1.20. The van der Waals surface area contributed by atoms with E-state index in [4.69, 9.17) is 5.11 Å². The lowest BCUT2D eigenvalue weighted by molar-refractivity contribution is 0.0697. The van der Waals surface area contributed by atoms with E-state index in [1.807, 2.05) is 14.1 Å². The van der Waals surface area contributed by atoms with Gasteiger partial charge in [-0.2, -0.15) is 0 Å². The molecule has 1 heterocycles. The van der Waals surface area contributed by atoms with Crippen LogP contribution in [0.15, 0.2) is 18.2 Å². The SMILES string of the molecule is CN(C)CCc1nc2ccc(C(=O)O)cc2s1. The monoisotopic (exact) mass is 250 g/mol. The largest absolute Gasteiger partial charge is 0.478 e. The normalized spacial score (nSPS) is 11.2. The molecule has 5 heteroatoms. The van der Waals surface area contributed by atoms with Crippen LogP contribution in [0.5, 0.6) is 0 Å². The van der Waals surface area contributed by atoms with Gasteiger partial charge in [-0.05, 0) is 32.3 Å². The fraction of sp³-hybridized carbons (Fsp3) is 0.333. The average Bonchev–Trinajstić information content (AvgIpc) is 2.67. The molecule has 0 amide bonds. The van der Waals surface area contributed by atoms with Gasteiger partial charge in [-0.15, -0.1) is 11.3 Å². The van der Waals surface area contributed by atoms with Gasteiger partial charge in [-0.25, -0.2) is 9.78 Å². The Morgan fingerprint density at radius 1 is 1.47 bits per heavy atom. The van der Waals surface area contributed by atoms with Gasteiger partial charge < -0.3 is 10.0 Å². The molecule has 17 heavy (non-hydrogen) atoms. The summed E-state index contributed by atoms with van der Waals surface area (Å²) >= 11 is 1.57. The number of hydrogen-bond donors (Lipinski definition) is 1. The van der Waals surface area contributed by atoms with Crippen molar-refractivity contribution in [3.63, 3.8) is 0 Å². The fourth-order valence-electron chi connectivity index (χ4n) is 1.53. The number of fused-ring (bicyclic) bond motifs is 1. The lowest BCUT2D eigenvalue weighted by atomic mass is 10.2. The van der Waals surface area contributed by atoms with E-state index in [0.29, 0.717) is 5.56 Å². The summed E-state index contributed by atoms with van der Waals surface area (Å²) < 4.78 is 0.943. The van der Waals surface area contributed by atoms with E-state index in [1.165, 1.54) is 0 Å². The summed E-state index contributed by atoms with van der Waals surface area (Å²) in [6.07, 6.45) is 0.898. The molecule has 90 valence electrons. The summed E-state index contributed by atoms with van der Waals surface area (Å²) in [5.74, 6) is -0.893. The lowest BCUT2D eigenvalue weighted by Crippen LogP contribution is -2.14. The van der Waals surface area contributed by atoms with E-state index >= 15 is 0 Å². The molecule has 1 aromatic carbocycles. The molecule has 2 rings (SSSR count). The van der Waals surface area contributed by atoms with Crippen LogP contribution >= 0.6 is 11.3 Å². The molecule has 1 aromatic heterocycles. The van der Waals surface area contributed by atoms with Gasteiger partial charge >= 0.3 is 5.97 Å². The van der Waals surface area contributed by atoms with E-state index < -0.39 is 5.97 Å². The smallest absolute Gasteiger partial charge is 0.335 e. The minimum atomic E-state index is -0.893. The third-order valence-electron chi connectivity index (χ3n) is 2.45. The van der Waals surface area contributed by atoms with Gasteiger partial charge in [0.2, 0.25) is 0 Å².